The molecule has 2 aromatic heterocycles. The molecule has 138 valence electrons. The molecule has 2 fully saturated rings. The summed E-state index contributed by atoms with van der Waals surface area (Å²) in [6.45, 7) is 1.28. The first-order chi connectivity index (χ1) is 12.5. The van der Waals surface area contributed by atoms with Crippen LogP contribution in [0.15, 0.2) is 18.6 Å². The smallest absolute Gasteiger partial charge is 0.317 e. The monoisotopic (exact) mass is 377 g/mol. The molecule has 0 unspecified atom stereocenters. The number of carboxylic acids is 1. The Bertz CT molecular complexity index is 869. The molecular weight excluding hydrogens is 358 g/mol. The third-order valence-electron chi connectivity index (χ3n) is 5.64. The minimum Gasteiger partial charge on any atom is -0.481 e. The minimum absolute atomic E-state index is 0.0712. The molecule has 26 heavy (non-hydrogen) atoms. The van der Waals surface area contributed by atoms with Gasteiger partial charge in [-0.05, 0) is 30.7 Å². The van der Waals surface area contributed by atoms with Crippen molar-refractivity contribution >= 4 is 29.2 Å². The highest BCUT2D eigenvalue weighted by Gasteiger charge is 2.55. The average Bonchev–Trinajstić information content (AvgIpc) is 3.27. The molecule has 2 aliphatic rings. The number of halogens is 1. The number of fused-ring (bicyclic) bond motifs is 2. The predicted octanol–water partition coefficient (Wildman–Crippen LogP) is 1.82. The molecule has 2 N–H and O–H groups in total. The molecule has 0 radical (unpaired) electrons. The number of carbonyl (C=O) groups is 2. The van der Waals surface area contributed by atoms with E-state index in [9.17, 15) is 14.7 Å². The third-order valence-corrected chi connectivity index (χ3v) is 5.91. The van der Waals surface area contributed by atoms with E-state index in [1.807, 2.05) is 6.20 Å². The molecule has 0 spiro atoms. The average molecular weight is 378 g/mol. The first kappa shape index (κ1) is 17.1. The van der Waals surface area contributed by atoms with E-state index in [4.69, 9.17) is 11.6 Å². The van der Waals surface area contributed by atoms with Crippen molar-refractivity contribution in [3.05, 3.63) is 29.2 Å². The van der Waals surface area contributed by atoms with Crippen LogP contribution in [-0.4, -0.2) is 56.2 Å². The van der Waals surface area contributed by atoms with Crippen LogP contribution < -0.4 is 5.32 Å². The Morgan fingerprint density at radius 2 is 2.27 bits per heavy atom. The van der Waals surface area contributed by atoms with Crippen LogP contribution in [0.1, 0.15) is 24.8 Å². The number of aromatic nitrogens is 3. The first-order valence-electron chi connectivity index (χ1n) is 8.73. The molecule has 3 heterocycles. The predicted molar refractivity (Wildman–Crippen MR) is 94.1 cm³/mol. The third kappa shape index (κ3) is 2.78. The largest absolute Gasteiger partial charge is 0.481 e. The number of rotatable bonds is 4. The lowest BCUT2D eigenvalue weighted by atomic mass is 9.81. The standard InChI is InChI=1S/C17H20ClN5O3/c18-13-7-21-23-8-11(6-20-14(13)23)3-5-19-16(26)22-9-12-2-1-4-17(12,10-22)15(24)25/h6-8,12H,1-5,9-10H2,(H,19,26)(H,24,25)/t12-,17+/m0/s1. The molecule has 4 rings (SSSR count). The van der Waals surface area contributed by atoms with Crippen molar-refractivity contribution in [1.82, 2.24) is 24.8 Å². The molecular formula is C17H20ClN5O3. The van der Waals surface area contributed by atoms with E-state index >= 15 is 0 Å². The second kappa shape index (κ2) is 6.42. The molecule has 2 atom stereocenters. The number of carbonyl (C=O) groups excluding carboxylic acids is 1. The van der Waals surface area contributed by atoms with Gasteiger partial charge in [0.25, 0.3) is 0 Å². The summed E-state index contributed by atoms with van der Waals surface area (Å²) in [7, 11) is 0. The van der Waals surface area contributed by atoms with Gasteiger partial charge in [-0.25, -0.2) is 14.3 Å². The Labute approximate surface area is 155 Å². The molecule has 0 bridgehead atoms. The van der Waals surface area contributed by atoms with Gasteiger partial charge in [0.05, 0.1) is 11.6 Å². The molecule has 9 heteroatoms. The van der Waals surface area contributed by atoms with E-state index in [1.54, 1.807) is 15.6 Å². The van der Waals surface area contributed by atoms with E-state index in [2.05, 4.69) is 15.4 Å². The van der Waals surface area contributed by atoms with Crippen LogP contribution in [0.2, 0.25) is 5.02 Å². The maximum atomic E-state index is 12.4. The van der Waals surface area contributed by atoms with Crippen LogP contribution >= 0.6 is 11.6 Å². The molecule has 1 aliphatic carbocycles. The summed E-state index contributed by atoms with van der Waals surface area (Å²) in [5.41, 5.74) is 0.783. The van der Waals surface area contributed by atoms with Gasteiger partial charge in [-0.1, -0.05) is 18.0 Å². The zero-order valence-electron chi connectivity index (χ0n) is 14.2. The number of nitrogens with one attached hydrogen (secondary N) is 1. The summed E-state index contributed by atoms with van der Waals surface area (Å²) in [4.78, 5) is 30.0. The van der Waals surface area contributed by atoms with Crippen LogP contribution in [0.4, 0.5) is 4.79 Å². The number of urea groups is 1. The van der Waals surface area contributed by atoms with Gasteiger partial charge < -0.3 is 15.3 Å². The second-order valence-electron chi connectivity index (χ2n) is 7.14. The summed E-state index contributed by atoms with van der Waals surface area (Å²) in [5, 5.41) is 17.1. The van der Waals surface area contributed by atoms with Gasteiger partial charge in [0.1, 0.15) is 5.02 Å². The van der Waals surface area contributed by atoms with Gasteiger partial charge in [-0.3, -0.25) is 4.79 Å². The normalized spacial score (nSPS) is 24.8. The molecule has 1 aliphatic heterocycles. The molecule has 1 saturated heterocycles. The SMILES string of the molecule is O=C(NCCc1cnc2c(Cl)cnn2c1)N1C[C@@H]2CCC[C@@]2(C(=O)O)C1. The van der Waals surface area contributed by atoms with Gasteiger partial charge in [0, 0.05) is 32.0 Å². The van der Waals surface area contributed by atoms with Crippen molar-refractivity contribution in [3.63, 3.8) is 0 Å². The molecule has 8 nitrogen and oxygen atoms in total. The lowest BCUT2D eigenvalue weighted by Gasteiger charge is -2.23. The Morgan fingerprint density at radius 3 is 3.04 bits per heavy atom. The fourth-order valence-corrected chi connectivity index (χ4v) is 4.41. The number of amides is 2. The highest BCUT2D eigenvalue weighted by atomic mass is 35.5. The van der Waals surface area contributed by atoms with Gasteiger partial charge in [0.15, 0.2) is 5.65 Å². The van der Waals surface area contributed by atoms with Crippen molar-refractivity contribution in [2.75, 3.05) is 19.6 Å². The number of hydrogen-bond acceptors (Lipinski definition) is 4. The lowest BCUT2D eigenvalue weighted by molar-refractivity contribution is -0.149. The summed E-state index contributed by atoms with van der Waals surface area (Å²) in [6, 6.07) is -0.198. The fourth-order valence-electron chi connectivity index (χ4n) is 4.23. The van der Waals surface area contributed by atoms with E-state index in [0.29, 0.717) is 43.1 Å². The summed E-state index contributed by atoms with van der Waals surface area (Å²) in [6.07, 6.45) is 8.17. The quantitative estimate of drug-likeness (QED) is 0.846. The van der Waals surface area contributed by atoms with Crippen molar-refractivity contribution < 1.29 is 14.7 Å². The second-order valence-corrected chi connectivity index (χ2v) is 7.54. The van der Waals surface area contributed by atoms with Crippen LogP contribution in [0.3, 0.4) is 0 Å². The van der Waals surface area contributed by atoms with Crippen molar-refractivity contribution in [2.45, 2.75) is 25.7 Å². The zero-order valence-corrected chi connectivity index (χ0v) is 14.9. The Kier molecular flexibility index (Phi) is 4.22. The number of carboxylic acid groups (broad SMARTS) is 1. The number of aliphatic carboxylic acids is 1. The van der Waals surface area contributed by atoms with E-state index in [-0.39, 0.29) is 11.9 Å². The highest BCUT2D eigenvalue weighted by molar-refractivity contribution is 6.33. The van der Waals surface area contributed by atoms with Crippen molar-refractivity contribution in [3.8, 4) is 0 Å². The van der Waals surface area contributed by atoms with Crippen LogP contribution in [0.25, 0.3) is 5.65 Å². The molecule has 0 aromatic carbocycles. The topological polar surface area (TPSA) is 99.8 Å². The first-order valence-corrected chi connectivity index (χ1v) is 9.11. The van der Waals surface area contributed by atoms with Gasteiger partial charge in [0.2, 0.25) is 0 Å². The number of hydrogen-bond donors (Lipinski definition) is 2. The summed E-state index contributed by atoms with van der Waals surface area (Å²) in [5.74, 6) is -0.700. The van der Waals surface area contributed by atoms with E-state index in [0.717, 1.165) is 18.4 Å². The highest BCUT2D eigenvalue weighted by Crippen LogP contribution is 2.48. The van der Waals surface area contributed by atoms with Gasteiger partial charge in [-0.2, -0.15) is 5.10 Å². The van der Waals surface area contributed by atoms with Crippen molar-refractivity contribution in [1.29, 1.82) is 0 Å². The number of likely N-dealkylation sites (tertiary alicyclic amines) is 1. The van der Waals surface area contributed by atoms with E-state index in [1.165, 1.54) is 6.20 Å². The summed E-state index contributed by atoms with van der Waals surface area (Å²) < 4.78 is 1.61. The Morgan fingerprint density at radius 1 is 1.42 bits per heavy atom. The van der Waals surface area contributed by atoms with Gasteiger partial charge in [-0.15, -0.1) is 0 Å². The summed E-state index contributed by atoms with van der Waals surface area (Å²) >= 11 is 5.97. The van der Waals surface area contributed by atoms with Crippen LogP contribution in [0.5, 0.6) is 0 Å². The Balaban J connectivity index is 1.33. The maximum Gasteiger partial charge on any atom is 0.317 e. The lowest BCUT2D eigenvalue weighted by Crippen LogP contribution is -2.42. The minimum atomic E-state index is -0.771. The van der Waals surface area contributed by atoms with E-state index < -0.39 is 11.4 Å². The molecule has 1 saturated carbocycles. The Hall–Kier alpha value is -2.35. The molecule has 2 amide bonds. The van der Waals surface area contributed by atoms with Crippen molar-refractivity contribution in [2.24, 2.45) is 11.3 Å². The molecule has 2 aromatic rings. The van der Waals surface area contributed by atoms with Gasteiger partial charge >= 0.3 is 12.0 Å². The maximum absolute atomic E-state index is 12.4. The zero-order chi connectivity index (χ0) is 18.3. The van der Waals surface area contributed by atoms with Crippen LogP contribution in [0, 0.1) is 11.3 Å². The van der Waals surface area contributed by atoms with Crippen LogP contribution in [-0.2, 0) is 11.2 Å². The fraction of sp³-hybridized carbons (Fsp3) is 0.529. The number of nitrogens with zero attached hydrogens (tertiary/aromatic N) is 4.